The minimum absolute atomic E-state index is 0.0320. The molecule has 1 aromatic heterocycles. The zero-order valence-electron chi connectivity index (χ0n) is 11.0. The van der Waals surface area contributed by atoms with E-state index in [1.165, 1.54) is 28.5 Å². The Balaban J connectivity index is 1.49. The Morgan fingerprint density at radius 2 is 2.25 bits per heavy atom. The van der Waals surface area contributed by atoms with E-state index in [1.807, 2.05) is 12.1 Å². The van der Waals surface area contributed by atoms with Gasteiger partial charge in [0.05, 0.1) is 12.7 Å². The molecule has 1 amide bonds. The van der Waals surface area contributed by atoms with E-state index in [4.69, 9.17) is 4.74 Å². The average Bonchev–Trinajstić information content (AvgIpc) is 2.98. The Morgan fingerprint density at radius 3 is 3.05 bits per heavy atom. The van der Waals surface area contributed by atoms with Crippen molar-refractivity contribution in [1.82, 2.24) is 20.1 Å². The van der Waals surface area contributed by atoms with Crippen molar-refractivity contribution >= 4 is 5.91 Å². The molecule has 1 N–H and O–H groups in total. The van der Waals surface area contributed by atoms with Crippen molar-refractivity contribution in [2.24, 2.45) is 0 Å². The number of aromatic nitrogens is 3. The van der Waals surface area contributed by atoms with E-state index in [0.29, 0.717) is 13.2 Å². The van der Waals surface area contributed by atoms with Gasteiger partial charge in [-0.2, -0.15) is 5.10 Å². The standard InChI is InChI=1S/C14H16N4O2/c19-14(7-18-10-15-9-17-18)16-6-13-5-11-3-1-2-4-12(11)8-20-13/h1-4,9-10,13H,5-8H2,(H,16,19). The molecule has 0 spiro atoms. The topological polar surface area (TPSA) is 69.0 Å². The predicted molar refractivity (Wildman–Crippen MR) is 71.8 cm³/mol. The molecule has 1 aliphatic heterocycles. The molecule has 6 heteroatoms. The molecular formula is C14H16N4O2. The van der Waals surface area contributed by atoms with E-state index in [0.717, 1.165) is 6.42 Å². The molecule has 0 aliphatic carbocycles. The van der Waals surface area contributed by atoms with E-state index >= 15 is 0 Å². The van der Waals surface area contributed by atoms with E-state index in [1.54, 1.807) is 0 Å². The Morgan fingerprint density at radius 1 is 1.40 bits per heavy atom. The lowest BCUT2D eigenvalue weighted by molar-refractivity contribution is -0.122. The maximum absolute atomic E-state index is 11.7. The van der Waals surface area contributed by atoms with Gasteiger partial charge in [0.15, 0.2) is 0 Å². The van der Waals surface area contributed by atoms with E-state index in [-0.39, 0.29) is 18.6 Å². The van der Waals surface area contributed by atoms with Crippen molar-refractivity contribution < 1.29 is 9.53 Å². The summed E-state index contributed by atoms with van der Waals surface area (Å²) in [6.45, 7) is 1.31. The summed E-state index contributed by atoms with van der Waals surface area (Å²) in [5.74, 6) is -0.0852. The fraction of sp³-hybridized carbons (Fsp3) is 0.357. The Hall–Kier alpha value is -2.21. The highest BCUT2D eigenvalue weighted by Crippen LogP contribution is 2.19. The van der Waals surface area contributed by atoms with Gasteiger partial charge in [0.1, 0.15) is 19.2 Å². The first-order valence-electron chi connectivity index (χ1n) is 6.59. The molecule has 0 saturated heterocycles. The number of ether oxygens (including phenoxy) is 1. The number of amides is 1. The lowest BCUT2D eigenvalue weighted by Gasteiger charge is -2.25. The lowest BCUT2D eigenvalue weighted by Crippen LogP contribution is -2.38. The van der Waals surface area contributed by atoms with E-state index < -0.39 is 0 Å². The Labute approximate surface area is 116 Å². The summed E-state index contributed by atoms with van der Waals surface area (Å²) in [6, 6.07) is 8.24. The zero-order chi connectivity index (χ0) is 13.8. The van der Waals surface area contributed by atoms with Gasteiger partial charge in [-0.15, -0.1) is 0 Å². The van der Waals surface area contributed by atoms with Crippen molar-refractivity contribution in [2.75, 3.05) is 6.54 Å². The highest BCUT2D eigenvalue weighted by atomic mass is 16.5. The maximum atomic E-state index is 11.7. The number of carbonyl (C=O) groups excluding carboxylic acids is 1. The quantitative estimate of drug-likeness (QED) is 0.882. The monoisotopic (exact) mass is 272 g/mol. The van der Waals surface area contributed by atoms with Crippen molar-refractivity contribution in [3.63, 3.8) is 0 Å². The normalized spacial score (nSPS) is 17.5. The average molecular weight is 272 g/mol. The number of rotatable bonds is 4. The second kappa shape index (κ2) is 5.83. The molecule has 2 aromatic rings. The van der Waals surface area contributed by atoms with Crippen LogP contribution >= 0.6 is 0 Å². The molecule has 0 saturated carbocycles. The van der Waals surface area contributed by atoms with Gasteiger partial charge in [0.25, 0.3) is 0 Å². The number of hydrogen-bond donors (Lipinski definition) is 1. The molecule has 0 bridgehead atoms. The number of benzene rings is 1. The number of nitrogens with zero attached hydrogens (tertiary/aromatic N) is 3. The van der Waals surface area contributed by atoms with Crippen molar-refractivity contribution in [3.8, 4) is 0 Å². The van der Waals surface area contributed by atoms with E-state index in [9.17, 15) is 4.79 Å². The Bertz CT molecular complexity index is 583. The minimum atomic E-state index is -0.0852. The molecule has 20 heavy (non-hydrogen) atoms. The first-order valence-corrected chi connectivity index (χ1v) is 6.59. The van der Waals surface area contributed by atoms with Crippen LogP contribution in [-0.2, 0) is 29.1 Å². The summed E-state index contributed by atoms with van der Waals surface area (Å²) < 4.78 is 7.23. The molecule has 1 aromatic carbocycles. The minimum Gasteiger partial charge on any atom is -0.371 e. The summed E-state index contributed by atoms with van der Waals surface area (Å²) in [4.78, 5) is 15.5. The highest BCUT2D eigenvalue weighted by Gasteiger charge is 2.19. The van der Waals surface area contributed by atoms with Gasteiger partial charge < -0.3 is 10.1 Å². The third-order valence-corrected chi connectivity index (χ3v) is 3.34. The van der Waals surface area contributed by atoms with Crippen LogP contribution in [0, 0.1) is 0 Å². The lowest BCUT2D eigenvalue weighted by atomic mass is 9.99. The van der Waals surface area contributed by atoms with Crippen molar-refractivity contribution in [2.45, 2.75) is 25.7 Å². The third-order valence-electron chi connectivity index (χ3n) is 3.34. The summed E-state index contributed by atoms with van der Waals surface area (Å²) in [7, 11) is 0. The summed E-state index contributed by atoms with van der Waals surface area (Å²) >= 11 is 0. The molecular weight excluding hydrogens is 256 g/mol. The summed E-state index contributed by atoms with van der Waals surface area (Å²) in [6.07, 6.45) is 3.80. The summed E-state index contributed by atoms with van der Waals surface area (Å²) in [5.41, 5.74) is 2.53. The number of nitrogens with one attached hydrogen (secondary N) is 1. The highest BCUT2D eigenvalue weighted by molar-refractivity contribution is 5.75. The van der Waals surface area contributed by atoms with E-state index in [2.05, 4.69) is 27.5 Å². The van der Waals surface area contributed by atoms with Crippen LogP contribution in [-0.4, -0.2) is 33.3 Å². The Kier molecular flexibility index (Phi) is 3.73. The molecule has 2 heterocycles. The molecule has 6 nitrogen and oxygen atoms in total. The van der Waals surface area contributed by atoms with Crippen LogP contribution in [0.4, 0.5) is 0 Å². The van der Waals surface area contributed by atoms with Crippen LogP contribution in [0.15, 0.2) is 36.9 Å². The molecule has 3 rings (SSSR count). The first-order chi connectivity index (χ1) is 9.81. The predicted octanol–water partition coefficient (Wildman–Crippen LogP) is 0.536. The molecule has 0 radical (unpaired) electrons. The van der Waals surface area contributed by atoms with Crippen LogP contribution in [0.5, 0.6) is 0 Å². The smallest absolute Gasteiger partial charge is 0.241 e. The van der Waals surface area contributed by atoms with Crippen molar-refractivity contribution in [3.05, 3.63) is 48.0 Å². The zero-order valence-corrected chi connectivity index (χ0v) is 11.0. The van der Waals surface area contributed by atoms with Gasteiger partial charge in [-0.1, -0.05) is 24.3 Å². The van der Waals surface area contributed by atoms with Gasteiger partial charge in [-0.05, 0) is 11.1 Å². The molecule has 1 atom stereocenters. The molecule has 1 unspecified atom stereocenters. The fourth-order valence-electron chi connectivity index (χ4n) is 2.29. The number of carbonyl (C=O) groups is 1. The molecule has 0 fully saturated rings. The largest absolute Gasteiger partial charge is 0.371 e. The van der Waals surface area contributed by atoms with Gasteiger partial charge in [0.2, 0.25) is 5.91 Å². The van der Waals surface area contributed by atoms with Crippen LogP contribution in [0.3, 0.4) is 0 Å². The van der Waals surface area contributed by atoms with Crippen LogP contribution in [0.25, 0.3) is 0 Å². The van der Waals surface area contributed by atoms with Gasteiger partial charge >= 0.3 is 0 Å². The molecule has 104 valence electrons. The second-order valence-corrected chi connectivity index (χ2v) is 4.80. The van der Waals surface area contributed by atoms with Crippen LogP contribution in [0.1, 0.15) is 11.1 Å². The number of fused-ring (bicyclic) bond motifs is 1. The first kappa shape index (κ1) is 12.8. The van der Waals surface area contributed by atoms with Gasteiger partial charge in [0, 0.05) is 13.0 Å². The van der Waals surface area contributed by atoms with Gasteiger partial charge in [-0.3, -0.25) is 4.79 Å². The van der Waals surface area contributed by atoms with Gasteiger partial charge in [-0.25, -0.2) is 9.67 Å². The fourth-order valence-corrected chi connectivity index (χ4v) is 2.29. The number of hydrogen-bond acceptors (Lipinski definition) is 4. The van der Waals surface area contributed by atoms with Crippen LogP contribution in [0.2, 0.25) is 0 Å². The van der Waals surface area contributed by atoms with Crippen LogP contribution < -0.4 is 5.32 Å². The SMILES string of the molecule is O=C(Cn1cncn1)NCC1Cc2ccccc2CO1. The second-order valence-electron chi connectivity index (χ2n) is 4.80. The third kappa shape index (κ3) is 3.03. The van der Waals surface area contributed by atoms with Crippen molar-refractivity contribution in [1.29, 1.82) is 0 Å². The molecule has 1 aliphatic rings. The summed E-state index contributed by atoms with van der Waals surface area (Å²) in [5, 5.41) is 6.76. The maximum Gasteiger partial charge on any atom is 0.241 e.